The van der Waals surface area contributed by atoms with Crippen molar-refractivity contribution in [3.05, 3.63) is 46.2 Å². The van der Waals surface area contributed by atoms with Crippen molar-refractivity contribution in [3.8, 4) is 0 Å². The van der Waals surface area contributed by atoms with Gasteiger partial charge in [0.05, 0.1) is 28.8 Å². The minimum Gasteiger partial charge on any atom is -0.365 e. The summed E-state index contributed by atoms with van der Waals surface area (Å²) in [5, 5.41) is 5.09. The molecule has 1 amide bonds. The second-order valence-corrected chi connectivity index (χ2v) is 9.88. The fourth-order valence-electron chi connectivity index (χ4n) is 3.55. The number of carbonyl (C=O) groups excluding carboxylic acids is 1. The summed E-state index contributed by atoms with van der Waals surface area (Å²) in [5.74, 6) is -0.562. The van der Waals surface area contributed by atoms with Gasteiger partial charge in [0.2, 0.25) is 5.91 Å². The molecule has 7 heteroatoms. The van der Waals surface area contributed by atoms with Crippen LogP contribution in [-0.2, 0) is 27.6 Å². The van der Waals surface area contributed by atoms with Gasteiger partial charge in [-0.25, -0.2) is 8.42 Å². The zero-order valence-corrected chi connectivity index (χ0v) is 15.4. The Labute approximate surface area is 151 Å². The van der Waals surface area contributed by atoms with E-state index in [1.165, 1.54) is 10.4 Å². The van der Waals surface area contributed by atoms with Gasteiger partial charge in [-0.3, -0.25) is 4.79 Å². The number of rotatable bonds is 3. The van der Waals surface area contributed by atoms with Crippen molar-refractivity contribution < 1.29 is 13.2 Å². The van der Waals surface area contributed by atoms with Gasteiger partial charge in [-0.15, -0.1) is 11.3 Å². The van der Waals surface area contributed by atoms with Gasteiger partial charge in [-0.05, 0) is 42.0 Å². The van der Waals surface area contributed by atoms with Crippen LogP contribution in [0.4, 0.5) is 11.4 Å². The van der Waals surface area contributed by atoms with Gasteiger partial charge in [0.25, 0.3) is 0 Å². The minimum atomic E-state index is -3.06. The van der Waals surface area contributed by atoms with E-state index in [9.17, 15) is 13.2 Å². The van der Waals surface area contributed by atoms with Gasteiger partial charge in [0.1, 0.15) is 0 Å². The number of anilines is 2. The molecule has 1 aromatic heterocycles. The molecule has 1 N–H and O–H groups in total. The van der Waals surface area contributed by atoms with Crippen LogP contribution < -0.4 is 10.2 Å². The lowest BCUT2D eigenvalue weighted by molar-refractivity contribution is -0.119. The van der Waals surface area contributed by atoms with E-state index in [0.717, 1.165) is 30.9 Å². The van der Waals surface area contributed by atoms with E-state index in [-0.39, 0.29) is 17.4 Å². The smallest absolute Gasteiger partial charge is 0.228 e. The Morgan fingerprint density at radius 1 is 1.24 bits per heavy atom. The van der Waals surface area contributed by atoms with Gasteiger partial charge in [-0.2, -0.15) is 0 Å². The molecule has 3 heterocycles. The summed E-state index contributed by atoms with van der Waals surface area (Å²) < 4.78 is 23.2. The highest BCUT2D eigenvalue weighted by molar-refractivity contribution is 7.91. The SMILES string of the molecule is O=C(Nc1ccccc1N1CCc2sccc2C1)C1CCS(=O)(=O)C1. The maximum absolute atomic E-state index is 12.5. The van der Waals surface area contributed by atoms with E-state index in [1.807, 2.05) is 24.3 Å². The third-order valence-electron chi connectivity index (χ3n) is 4.91. The standard InChI is InChI=1S/C18H20N2O3S2/c21-18(14-7-10-25(22,23)12-14)19-15-3-1-2-4-16(15)20-8-5-17-13(11-20)6-9-24-17/h1-4,6,9,14H,5,7-8,10-12H2,(H,19,21). The van der Waals surface area contributed by atoms with Crippen LogP contribution >= 0.6 is 11.3 Å². The van der Waals surface area contributed by atoms with E-state index in [0.29, 0.717) is 6.42 Å². The van der Waals surface area contributed by atoms with E-state index in [2.05, 4.69) is 21.7 Å². The van der Waals surface area contributed by atoms with Crippen molar-refractivity contribution in [3.63, 3.8) is 0 Å². The fraction of sp³-hybridized carbons (Fsp3) is 0.389. The predicted octanol–water partition coefficient (Wildman–Crippen LogP) is 2.68. The van der Waals surface area contributed by atoms with Crippen molar-refractivity contribution in [1.82, 2.24) is 0 Å². The number of carbonyl (C=O) groups is 1. The molecular weight excluding hydrogens is 356 g/mol. The molecule has 0 radical (unpaired) electrons. The fourth-order valence-corrected chi connectivity index (χ4v) is 6.18. The van der Waals surface area contributed by atoms with Gasteiger partial charge >= 0.3 is 0 Å². The lowest BCUT2D eigenvalue weighted by atomic mass is 10.1. The quantitative estimate of drug-likeness (QED) is 0.894. The third-order valence-corrected chi connectivity index (χ3v) is 7.70. The highest BCUT2D eigenvalue weighted by Crippen LogP contribution is 2.33. The Kier molecular flexibility index (Phi) is 4.29. The molecule has 4 rings (SSSR count). The van der Waals surface area contributed by atoms with Crippen molar-refractivity contribution in [2.75, 3.05) is 28.3 Å². The number of nitrogens with one attached hydrogen (secondary N) is 1. The van der Waals surface area contributed by atoms with Gasteiger partial charge < -0.3 is 10.2 Å². The molecule has 0 spiro atoms. The van der Waals surface area contributed by atoms with E-state index < -0.39 is 15.8 Å². The zero-order valence-electron chi connectivity index (χ0n) is 13.8. The number of benzene rings is 1. The maximum atomic E-state index is 12.5. The Balaban J connectivity index is 1.53. The molecule has 1 saturated heterocycles. The first-order chi connectivity index (χ1) is 12.0. The Hall–Kier alpha value is -1.86. The number of hydrogen-bond donors (Lipinski definition) is 1. The Morgan fingerprint density at radius 2 is 2.08 bits per heavy atom. The van der Waals surface area contributed by atoms with Crippen molar-refractivity contribution in [2.45, 2.75) is 19.4 Å². The summed E-state index contributed by atoms with van der Waals surface area (Å²) >= 11 is 1.80. The molecule has 1 unspecified atom stereocenters. The normalized spacial score (nSPS) is 21.8. The second-order valence-electron chi connectivity index (χ2n) is 6.65. The molecule has 0 saturated carbocycles. The Bertz CT molecular complexity index is 905. The monoisotopic (exact) mass is 376 g/mol. The van der Waals surface area contributed by atoms with Crippen LogP contribution in [0.2, 0.25) is 0 Å². The lowest BCUT2D eigenvalue weighted by Crippen LogP contribution is -2.31. The maximum Gasteiger partial charge on any atom is 0.228 e. The van der Waals surface area contributed by atoms with Gasteiger partial charge in [-0.1, -0.05) is 12.1 Å². The van der Waals surface area contributed by atoms with Crippen molar-refractivity contribution in [2.24, 2.45) is 5.92 Å². The minimum absolute atomic E-state index is 0.0387. The van der Waals surface area contributed by atoms with Crippen LogP contribution in [0.1, 0.15) is 16.9 Å². The summed E-state index contributed by atoms with van der Waals surface area (Å²) in [4.78, 5) is 16.2. The summed E-state index contributed by atoms with van der Waals surface area (Å²) in [7, 11) is -3.06. The number of amides is 1. The van der Waals surface area contributed by atoms with Crippen LogP contribution in [0.5, 0.6) is 0 Å². The summed E-state index contributed by atoms with van der Waals surface area (Å²) in [6.07, 6.45) is 1.43. The van der Waals surface area contributed by atoms with E-state index >= 15 is 0 Å². The molecule has 0 bridgehead atoms. The predicted molar refractivity (Wildman–Crippen MR) is 101 cm³/mol. The second kappa shape index (κ2) is 6.46. The summed E-state index contributed by atoms with van der Waals surface area (Å²) in [6, 6.07) is 9.92. The molecule has 1 aromatic carbocycles. The van der Waals surface area contributed by atoms with Crippen LogP contribution in [0.25, 0.3) is 0 Å². The Morgan fingerprint density at radius 3 is 2.88 bits per heavy atom. The molecule has 2 aromatic rings. The number of fused-ring (bicyclic) bond motifs is 1. The van der Waals surface area contributed by atoms with Crippen molar-refractivity contribution in [1.29, 1.82) is 0 Å². The number of hydrogen-bond acceptors (Lipinski definition) is 5. The van der Waals surface area contributed by atoms with Crippen LogP contribution in [0.3, 0.4) is 0 Å². The number of sulfone groups is 1. The first kappa shape index (κ1) is 16.6. The number of thiophene rings is 1. The molecule has 2 aliphatic heterocycles. The van der Waals surface area contributed by atoms with E-state index in [1.54, 1.807) is 11.3 Å². The van der Waals surface area contributed by atoms with Crippen LogP contribution in [0, 0.1) is 5.92 Å². The summed E-state index contributed by atoms with van der Waals surface area (Å²) in [5.41, 5.74) is 3.10. The first-order valence-electron chi connectivity index (χ1n) is 8.42. The lowest BCUT2D eigenvalue weighted by Gasteiger charge is -2.31. The summed E-state index contributed by atoms with van der Waals surface area (Å²) in [6.45, 7) is 1.75. The molecule has 1 atom stereocenters. The highest BCUT2D eigenvalue weighted by atomic mass is 32.2. The first-order valence-corrected chi connectivity index (χ1v) is 11.1. The third kappa shape index (κ3) is 3.43. The largest absolute Gasteiger partial charge is 0.365 e. The van der Waals surface area contributed by atoms with E-state index in [4.69, 9.17) is 0 Å². The molecule has 2 aliphatic rings. The van der Waals surface area contributed by atoms with Crippen molar-refractivity contribution >= 4 is 38.5 Å². The molecule has 1 fully saturated rings. The average Bonchev–Trinajstić information content (AvgIpc) is 3.20. The topological polar surface area (TPSA) is 66.5 Å². The van der Waals surface area contributed by atoms with Crippen LogP contribution in [0.15, 0.2) is 35.7 Å². The number of nitrogens with zero attached hydrogens (tertiary/aromatic N) is 1. The van der Waals surface area contributed by atoms with Crippen LogP contribution in [-0.4, -0.2) is 32.4 Å². The highest BCUT2D eigenvalue weighted by Gasteiger charge is 2.33. The zero-order chi connectivity index (χ0) is 17.4. The van der Waals surface area contributed by atoms with Gasteiger partial charge in [0, 0.05) is 18.0 Å². The molecular formula is C18H20N2O3S2. The molecule has 25 heavy (non-hydrogen) atoms. The molecule has 5 nitrogen and oxygen atoms in total. The molecule has 132 valence electrons. The average molecular weight is 377 g/mol. The molecule has 0 aliphatic carbocycles. The number of para-hydroxylation sites is 2. The van der Waals surface area contributed by atoms with Gasteiger partial charge in [0.15, 0.2) is 9.84 Å².